The summed E-state index contributed by atoms with van der Waals surface area (Å²) in [5.74, 6) is 0.656. The Balaban J connectivity index is 1.70. The summed E-state index contributed by atoms with van der Waals surface area (Å²) >= 11 is 0. The van der Waals surface area contributed by atoms with Gasteiger partial charge in [0.1, 0.15) is 17.5 Å². The van der Waals surface area contributed by atoms with Crippen LogP contribution in [-0.4, -0.2) is 36.1 Å². The van der Waals surface area contributed by atoms with Crippen molar-refractivity contribution in [3.05, 3.63) is 42.2 Å². The van der Waals surface area contributed by atoms with Gasteiger partial charge in [-0.2, -0.15) is 10.2 Å². The zero-order valence-corrected chi connectivity index (χ0v) is 11.5. The second-order valence-corrected chi connectivity index (χ2v) is 4.67. The number of hydrogen-bond acceptors (Lipinski definition) is 6. The van der Waals surface area contributed by atoms with Gasteiger partial charge >= 0.3 is 6.01 Å². The predicted molar refractivity (Wildman–Crippen MR) is 78.3 cm³/mol. The van der Waals surface area contributed by atoms with Crippen LogP contribution in [0.25, 0.3) is 0 Å². The molecule has 2 aromatic rings. The van der Waals surface area contributed by atoms with E-state index in [2.05, 4.69) is 20.2 Å². The van der Waals surface area contributed by atoms with Crippen LogP contribution < -0.4 is 15.0 Å². The lowest BCUT2D eigenvalue weighted by atomic mass is 10.2. The Bertz CT molecular complexity index is 644. The first-order chi connectivity index (χ1) is 10.3. The minimum atomic E-state index is 0.184. The van der Waals surface area contributed by atoms with Crippen LogP contribution in [0.2, 0.25) is 0 Å². The zero-order chi connectivity index (χ0) is 14.5. The van der Waals surface area contributed by atoms with Crippen molar-refractivity contribution >= 4 is 5.69 Å². The summed E-state index contributed by atoms with van der Waals surface area (Å²) in [5, 5.41) is 12.1. The Morgan fingerprint density at radius 3 is 2.62 bits per heavy atom. The monoisotopic (exact) mass is 281 g/mol. The van der Waals surface area contributed by atoms with E-state index in [0.29, 0.717) is 5.75 Å². The summed E-state index contributed by atoms with van der Waals surface area (Å²) in [4.78, 5) is 10.3. The largest absolute Gasteiger partial charge is 0.424 e. The average Bonchev–Trinajstić information content (AvgIpc) is 2.56. The number of nitriles is 1. The molecule has 1 fully saturated rings. The van der Waals surface area contributed by atoms with Gasteiger partial charge in [0.2, 0.25) is 0 Å². The second kappa shape index (κ2) is 6.20. The molecular weight excluding hydrogens is 266 g/mol. The maximum atomic E-state index is 8.80. The molecule has 0 bridgehead atoms. The third-order valence-electron chi connectivity index (χ3n) is 3.28. The van der Waals surface area contributed by atoms with E-state index in [9.17, 15) is 0 Å². The Morgan fingerprint density at radius 1 is 1.14 bits per heavy atom. The van der Waals surface area contributed by atoms with E-state index in [0.717, 1.165) is 26.2 Å². The first kappa shape index (κ1) is 13.3. The second-order valence-electron chi connectivity index (χ2n) is 4.67. The normalized spacial score (nSPS) is 14.5. The van der Waals surface area contributed by atoms with Gasteiger partial charge in [-0.15, -0.1) is 0 Å². The van der Waals surface area contributed by atoms with Gasteiger partial charge in [-0.3, -0.25) is 0 Å². The Morgan fingerprint density at radius 2 is 1.90 bits per heavy atom. The summed E-state index contributed by atoms with van der Waals surface area (Å²) in [5.41, 5.74) is 1.47. The predicted octanol–water partition coefficient (Wildman–Crippen LogP) is 1.55. The fourth-order valence-corrected chi connectivity index (χ4v) is 2.21. The molecule has 2 heterocycles. The van der Waals surface area contributed by atoms with E-state index < -0.39 is 0 Å². The maximum Gasteiger partial charge on any atom is 0.323 e. The molecule has 1 aromatic carbocycles. The van der Waals surface area contributed by atoms with Crippen molar-refractivity contribution in [1.29, 1.82) is 5.26 Å². The van der Waals surface area contributed by atoms with E-state index in [1.807, 2.05) is 30.3 Å². The number of piperazine rings is 1. The molecule has 0 radical (unpaired) electrons. The van der Waals surface area contributed by atoms with Crippen molar-refractivity contribution in [2.24, 2.45) is 0 Å². The van der Waals surface area contributed by atoms with E-state index >= 15 is 0 Å². The smallest absolute Gasteiger partial charge is 0.323 e. The highest BCUT2D eigenvalue weighted by molar-refractivity contribution is 5.49. The number of aromatic nitrogens is 2. The van der Waals surface area contributed by atoms with Gasteiger partial charge in [0.25, 0.3) is 0 Å². The molecule has 0 spiro atoms. The molecule has 106 valence electrons. The number of nitrogens with zero attached hydrogens (tertiary/aromatic N) is 4. The number of nitrogens with one attached hydrogen (secondary N) is 1. The lowest BCUT2D eigenvalue weighted by Gasteiger charge is -2.29. The molecule has 0 unspecified atom stereocenters. The van der Waals surface area contributed by atoms with E-state index in [-0.39, 0.29) is 11.7 Å². The fraction of sp³-hybridized carbons (Fsp3) is 0.267. The molecule has 6 nitrogen and oxygen atoms in total. The van der Waals surface area contributed by atoms with Crippen LogP contribution in [0.5, 0.6) is 11.8 Å². The maximum absolute atomic E-state index is 8.80. The Kier molecular flexibility index (Phi) is 3.94. The van der Waals surface area contributed by atoms with Gasteiger partial charge < -0.3 is 15.0 Å². The summed E-state index contributed by atoms with van der Waals surface area (Å²) in [6, 6.07) is 11.5. The van der Waals surface area contributed by atoms with Crippen molar-refractivity contribution in [2.45, 2.75) is 0 Å². The van der Waals surface area contributed by atoms with Crippen LogP contribution in [0.15, 0.2) is 36.5 Å². The molecule has 1 aromatic heterocycles. The lowest BCUT2D eigenvalue weighted by Crippen LogP contribution is -2.43. The van der Waals surface area contributed by atoms with Gasteiger partial charge in [-0.25, -0.2) is 4.98 Å². The van der Waals surface area contributed by atoms with Gasteiger partial charge in [0, 0.05) is 38.1 Å². The highest BCUT2D eigenvalue weighted by Gasteiger charge is 2.10. The molecule has 0 saturated carbocycles. The number of rotatable bonds is 3. The van der Waals surface area contributed by atoms with Crippen LogP contribution in [0.1, 0.15) is 5.69 Å². The first-order valence-electron chi connectivity index (χ1n) is 6.82. The molecule has 1 aliphatic rings. The van der Waals surface area contributed by atoms with Gasteiger partial charge in [-0.05, 0) is 30.3 Å². The van der Waals surface area contributed by atoms with Crippen LogP contribution >= 0.6 is 0 Å². The van der Waals surface area contributed by atoms with Gasteiger partial charge in [0.15, 0.2) is 0 Å². The van der Waals surface area contributed by atoms with Crippen LogP contribution in [0, 0.1) is 11.3 Å². The summed E-state index contributed by atoms with van der Waals surface area (Å²) in [7, 11) is 0. The fourth-order valence-electron chi connectivity index (χ4n) is 2.21. The molecule has 1 aliphatic heterocycles. The Labute approximate surface area is 123 Å². The summed E-state index contributed by atoms with van der Waals surface area (Å²) in [6.45, 7) is 4.03. The van der Waals surface area contributed by atoms with Crippen molar-refractivity contribution in [3.8, 4) is 17.8 Å². The topological polar surface area (TPSA) is 74.1 Å². The zero-order valence-electron chi connectivity index (χ0n) is 11.5. The van der Waals surface area contributed by atoms with E-state index in [1.54, 1.807) is 6.07 Å². The van der Waals surface area contributed by atoms with Gasteiger partial charge in [0.05, 0.1) is 0 Å². The van der Waals surface area contributed by atoms with Crippen LogP contribution in [0.3, 0.4) is 0 Å². The third kappa shape index (κ3) is 3.27. The molecular formula is C15H15N5O. The third-order valence-corrected chi connectivity index (χ3v) is 3.28. The van der Waals surface area contributed by atoms with Crippen molar-refractivity contribution in [3.63, 3.8) is 0 Å². The van der Waals surface area contributed by atoms with E-state index in [4.69, 9.17) is 10.00 Å². The highest BCUT2D eigenvalue weighted by Crippen LogP contribution is 2.22. The molecule has 21 heavy (non-hydrogen) atoms. The highest BCUT2D eigenvalue weighted by atomic mass is 16.5. The lowest BCUT2D eigenvalue weighted by molar-refractivity contribution is 0.441. The van der Waals surface area contributed by atoms with Crippen LogP contribution in [0.4, 0.5) is 5.69 Å². The minimum absolute atomic E-state index is 0.184. The molecule has 1 N–H and O–H groups in total. The van der Waals surface area contributed by atoms with Crippen molar-refractivity contribution in [2.75, 3.05) is 31.1 Å². The molecule has 6 heteroatoms. The summed E-state index contributed by atoms with van der Waals surface area (Å²) < 4.78 is 5.56. The standard InChI is InChI=1S/C15H15N5O/c16-11-12-5-6-18-15(19-12)21-14-3-1-13(2-4-14)20-9-7-17-8-10-20/h1-6,17H,7-10H2. The quantitative estimate of drug-likeness (QED) is 0.920. The van der Waals surface area contributed by atoms with Crippen molar-refractivity contribution < 1.29 is 4.74 Å². The minimum Gasteiger partial charge on any atom is -0.424 e. The number of hydrogen-bond donors (Lipinski definition) is 1. The SMILES string of the molecule is N#Cc1ccnc(Oc2ccc(N3CCNCC3)cc2)n1. The van der Waals surface area contributed by atoms with Gasteiger partial charge in [-0.1, -0.05) is 0 Å². The van der Waals surface area contributed by atoms with E-state index in [1.165, 1.54) is 11.9 Å². The van der Waals surface area contributed by atoms with Crippen LogP contribution in [-0.2, 0) is 0 Å². The number of ether oxygens (including phenoxy) is 1. The molecule has 0 amide bonds. The molecule has 0 aliphatic carbocycles. The first-order valence-corrected chi connectivity index (χ1v) is 6.82. The number of anilines is 1. The molecule has 1 saturated heterocycles. The summed E-state index contributed by atoms with van der Waals surface area (Å²) in [6.07, 6.45) is 1.51. The van der Waals surface area contributed by atoms with Crippen molar-refractivity contribution in [1.82, 2.24) is 15.3 Å². The molecule has 3 rings (SSSR count). The Hall–Kier alpha value is -2.65. The molecule has 0 atom stereocenters. The number of benzene rings is 1. The average molecular weight is 281 g/mol.